The van der Waals surface area contributed by atoms with Crippen LogP contribution in [0.5, 0.6) is 0 Å². The Bertz CT molecular complexity index is 216. The van der Waals surface area contributed by atoms with Crippen molar-refractivity contribution in [1.82, 2.24) is 0 Å². The quantitative estimate of drug-likeness (QED) is 0.482. The van der Waals surface area contributed by atoms with Crippen molar-refractivity contribution in [2.45, 2.75) is 13.8 Å². The van der Waals surface area contributed by atoms with Gasteiger partial charge in [0.2, 0.25) is 0 Å². The normalized spacial score (nSPS) is 12.7. The smallest absolute Gasteiger partial charge is 0.354 e. The topological polar surface area (TPSA) is 52.3 Å². The molecule has 0 unspecified atom stereocenters. The number of rotatable bonds is 4. The van der Waals surface area contributed by atoms with Gasteiger partial charge in [0.15, 0.2) is 0 Å². The zero-order valence-electron chi connectivity index (χ0n) is 7.96. The van der Waals surface area contributed by atoms with Gasteiger partial charge >= 0.3 is 5.97 Å². The molecule has 0 heterocycles. The summed E-state index contributed by atoms with van der Waals surface area (Å²) >= 11 is 4.79. The molecule has 0 rings (SSSR count). The molecule has 0 spiro atoms. The van der Waals surface area contributed by atoms with E-state index in [1.807, 2.05) is 13.8 Å². The SMILES string of the molecule is COC(=O)/C(N)=C(/SCBr)C(C)C. The molecule has 0 aromatic heterocycles. The first-order valence-electron chi connectivity index (χ1n) is 3.81. The van der Waals surface area contributed by atoms with Crippen LogP contribution in [0.3, 0.4) is 0 Å². The molecule has 0 atom stereocenters. The van der Waals surface area contributed by atoms with E-state index in [1.54, 1.807) is 0 Å². The average molecular weight is 268 g/mol. The highest BCUT2D eigenvalue weighted by molar-refractivity contribution is 9.11. The van der Waals surface area contributed by atoms with E-state index in [0.717, 1.165) is 9.57 Å². The lowest BCUT2D eigenvalue weighted by molar-refractivity contribution is -0.136. The van der Waals surface area contributed by atoms with Crippen molar-refractivity contribution < 1.29 is 9.53 Å². The van der Waals surface area contributed by atoms with Gasteiger partial charge in [0, 0.05) is 4.91 Å². The van der Waals surface area contributed by atoms with E-state index in [-0.39, 0.29) is 11.6 Å². The molecule has 0 aliphatic heterocycles. The van der Waals surface area contributed by atoms with Gasteiger partial charge in [-0.1, -0.05) is 29.8 Å². The van der Waals surface area contributed by atoms with E-state index < -0.39 is 5.97 Å². The van der Waals surface area contributed by atoms with Crippen molar-refractivity contribution >= 4 is 33.7 Å². The molecule has 5 heteroatoms. The second-order valence-electron chi connectivity index (χ2n) is 2.68. The fourth-order valence-electron chi connectivity index (χ4n) is 0.825. The molecule has 0 aromatic rings. The van der Waals surface area contributed by atoms with Crippen LogP contribution < -0.4 is 5.73 Å². The third-order valence-electron chi connectivity index (χ3n) is 1.41. The van der Waals surface area contributed by atoms with Crippen LogP contribution in [0.25, 0.3) is 0 Å². The molecule has 0 bridgehead atoms. The zero-order valence-corrected chi connectivity index (χ0v) is 10.4. The average Bonchev–Trinajstić information content (AvgIpc) is 2.11. The van der Waals surface area contributed by atoms with Crippen molar-refractivity contribution in [2.24, 2.45) is 11.7 Å². The molecule has 3 nitrogen and oxygen atoms in total. The molecule has 76 valence electrons. The minimum absolute atomic E-state index is 0.210. The maximum Gasteiger partial charge on any atom is 0.354 e. The summed E-state index contributed by atoms with van der Waals surface area (Å²) in [6.07, 6.45) is 0. The van der Waals surface area contributed by atoms with Gasteiger partial charge in [0.1, 0.15) is 5.70 Å². The number of allylic oxidation sites excluding steroid dienone is 1. The highest BCUT2D eigenvalue weighted by Gasteiger charge is 2.15. The molecule has 0 aromatic carbocycles. The number of alkyl halides is 1. The van der Waals surface area contributed by atoms with E-state index >= 15 is 0 Å². The van der Waals surface area contributed by atoms with Crippen molar-refractivity contribution in [1.29, 1.82) is 0 Å². The Kier molecular flexibility index (Phi) is 6.24. The predicted molar refractivity (Wildman–Crippen MR) is 59.5 cm³/mol. The Balaban J connectivity index is 4.74. The summed E-state index contributed by atoms with van der Waals surface area (Å²) in [5.41, 5.74) is 5.83. The second kappa shape index (κ2) is 6.32. The van der Waals surface area contributed by atoms with Crippen LogP contribution in [0.15, 0.2) is 10.6 Å². The molecular weight excluding hydrogens is 254 g/mol. The number of carbonyl (C=O) groups is 1. The molecule has 13 heavy (non-hydrogen) atoms. The summed E-state index contributed by atoms with van der Waals surface area (Å²) in [7, 11) is 1.33. The van der Waals surface area contributed by atoms with Crippen molar-refractivity contribution in [2.75, 3.05) is 11.8 Å². The van der Waals surface area contributed by atoms with Gasteiger partial charge in [0.25, 0.3) is 0 Å². The number of esters is 1. The van der Waals surface area contributed by atoms with Crippen LogP contribution in [0.4, 0.5) is 0 Å². The van der Waals surface area contributed by atoms with Crippen LogP contribution >= 0.6 is 27.7 Å². The summed E-state index contributed by atoms with van der Waals surface area (Å²) in [5, 5.41) is 0. The van der Waals surface area contributed by atoms with E-state index in [2.05, 4.69) is 20.7 Å². The third-order valence-corrected chi connectivity index (χ3v) is 3.20. The summed E-state index contributed by atoms with van der Waals surface area (Å²) < 4.78 is 5.26. The molecular formula is C8H14BrNO2S. The lowest BCUT2D eigenvalue weighted by Crippen LogP contribution is -2.16. The summed E-state index contributed by atoms with van der Waals surface area (Å²) in [5.74, 6) is -0.223. The van der Waals surface area contributed by atoms with E-state index in [1.165, 1.54) is 18.9 Å². The Hall–Kier alpha value is -0.160. The van der Waals surface area contributed by atoms with Gasteiger partial charge in [-0.2, -0.15) is 0 Å². The Labute approximate surface area is 91.2 Å². The minimum Gasteiger partial charge on any atom is -0.464 e. The van der Waals surface area contributed by atoms with E-state index in [9.17, 15) is 4.79 Å². The lowest BCUT2D eigenvalue weighted by atomic mass is 10.2. The number of thioether (sulfide) groups is 1. The van der Waals surface area contributed by atoms with E-state index in [0.29, 0.717) is 0 Å². The van der Waals surface area contributed by atoms with Crippen molar-refractivity contribution in [3.8, 4) is 0 Å². The molecule has 0 aliphatic rings. The number of hydrogen-bond donors (Lipinski definition) is 1. The van der Waals surface area contributed by atoms with Crippen LogP contribution in [0.2, 0.25) is 0 Å². The Morgan fingerprint density at radius 1 is 1.62 bits per heavy atom. The van der Waals surface area contributed by atoms with Gasteiger partial charge in [-0.15, -0.1) is 11.8 Å². The number of hydrogen-bond acceptors (Lipinski definition) is 4. The third kappa shape index (κ3) is 4.04. The zero-order chi connectivity index (χ0) is 10.4. The number of methoxy groups -OCH3 is 1. The summed E-state index contributed by atoms with van der Waals surface area (Å²) in [6, 6.07) is 0. The fraction of sp³-hybridized carbons (Fsp3) is 0.625. The van der Waals surface area contributed by atoms with Gasteiger partial charge < -0.3 is 10.5 Å². The van der Waals surface area contributed by atoms with Crippen LogP contribution in [-0.4, -0.2) is 17.7 Å². The number of halogens is 1. The number of ether oxygens (including phenoxy) is 1. The number of nitrogens with two attached hydrogens (primary N) is 1. The monoisotopic (exact) mass is 267 g/mol. The van der Waals surface area contributed by atoms with Crippen LogP contribution in [-0.2, 0) is 9.53 Å². The lowest BCUT2D eigenvalue weighted by Gasteiger charge is -2.11. The molecule has 0 saturated heterocycles. The van der Waals surface area contributed by atoms with Gasteiger partial charge in [-0.05, 0) is 5.92 Å². The van der Waals surface area contributed by atoms with Gasteiger partial charge in [0.05, 0.1) is 11.8 Å². The Morgan fingerprint density at radius 3 is 2.46 bits per heavy atom. The molecule has 0 radical (unpaired) electrons. The van der Waals surface area contributed by atoms with Crippen LogP contribution in [0.1, 0.15) is 13.8 Å². The predicted octanol–water partition coefficient (Wildman–Crippen LogP) is 2.07. The standard InChI is InChI=1S/C8H14BrNO2S/c1-5(2)7(13-4-9)6(10)8(11)12-3/h5H,4,10H2,1-3H3/b7-6-. The van der Waals surface area contributed by atoms with Crippen molar-refractivity contribution in [3.05, 3.63) is 10.6 Å². The number of carbonyl (C=O) groups excluding carboxylic acids is 1. The fourth-order valence-corrected chi connectivity index (χ4v) is 2.25. The first-order valence-corrected chi connectivity index (χ1v) is 5.92. The molecule has 0 saturated carbocycles. The van der Waals surface area contributed by atoms with Gasteiger partial charge in [-0.25, -0.2) is 4.79 Å². The largest absolute Gasteiger partial charge is 0.464 e. The van der Waals surface area contributed by atoms with Gasteiger partial charge in [-0.3, -0.25) is 0 Å². The Morgan fingerprint density at radius 2 is 2.15 bits per heavy atom. The maximum atomic E-state index is 11.1. The maximum absolute atomic E-state index is 11.1. The summed E-state index contributed by atoms with van der Waals surface area (Å²) in [6.45, 7) is 3.97. The molecule has 0 amide bonds. The summed E-state index contributed by atoms with van der Waals surface area (Å²) in [4.78, 5) is 12.0. The van der Waals surface area contributed by atoms with E-state index in [4.69, 9.17) is 5.73 Å². The first kappa shape index (κ1) is 12.8. The second-order valence-corrected chi connectivity index (χ2v) is 5.00. The minimum atomic E-state index is -0.461. The first-order chi connectivity index (χ1) is 6.04. The van der Waals surface area contributed by atoms with Crippen LogP contribution in [0, 0.1) is 5.92 Å². The molecule has 2 N–H and O–H groups in total. The molecule has 0 fully saturated rings. The highest BCUT2D eigenvalue weighted by Crippen LogP contribution is 2.27. The molecule has 0 aliphatic carbocycles. The highest BCUT2D eigenvalue weighted by atomic mass is 79.9. The van der Waals surface area contributed by atoms with Crippen molar-refractivity contribution in [3.63, 3.8) is 0 Å².